The minimum atomic E-state index is -0.614. The van der Waals surface area contributed by atoms with E-state index in [1.807, 2.05) is 60.0 Å². The highest BCUT2D eigenvalue weighted by Gasteiger charge is 2.23. The van der Waals surface area contributed by atoms with Gasteiger partial charge in [0.05, 0.1) is 23.8 Å². The molecule has 5 nitrogen and oxygen atoms in total. The number of rotatable bonds is 6. The summed E-state index contributed by atoms with van der Waals surface area (Å²) in [6, 6.07) is 26.9. The summed E-state index contributed by atoms with van der Waals surface area (Å²) < 4.78 is 26.1. The van der Waals surface area contributed by atoms with Crippen molar-refractivity contribution in [3.63, 3.8) is 0 Å². The third-order valence-electron chi connectivity index (χ3n) is 6.06. The molecular formula is C30H22FNO4. The Morgan fingerprint density at radius 2 is 1.44 bits per heavy atom. The second kappa shape index (κ2) is 9.50. The van der Waals surface area contributed by atoms with Gasteiger partial charge in [0.15, 0.2) is 5.78 Å². The summed E-state index contributed by atoms with van der Waals surface area (Å²) in [6.07, 6.45) is 0. The van der Waals surface area contributed by atoms with Gasteiger partial charge in [0.2, 0.25) is 0 Å². The molecule has 0 unspecified atom stereocenters. The number of hydrogen-bond acceptors (Lipinski definition) is 4. The van der Waals surface area contributed by atoms with Crippen LogP contribution in [0.4, 0.5) is 4.39 Å². The number of halogens is 1. The van der Waals surface area contributed by atoms with Crippen molar-refractivity contribution in [1.29, 1.82) is 0 Å². The molecule has 5 rings (SSSR count). The number of esters is 1. The molecular weight excluding hydrogens is 457 g/mol. The molecule has 0 saturated heterocycles. The molecule has 6 heteroatoms. The van der Waals surface area contributed by atoms with Crippen LogP contribution in [-0.2, 0) is 0 Å². The lowest BCUT2D eigenvalue weighted by Gasteiger charge is -2.10. The van der Waals surface area contributed by atoms with Crippen molar-refractivity contribution in [2.75, 3.05) is 7.11 Å². The number of carbonyl (C=O) groups excluding carboxylic acids is 2. The van der Waals surface area contributed by atoms with Gasteiger partial charge >= 0.3 is 5.97 Å². The molecule has 36 heavy (non-hydrogen) atoms. The number of nitrogens with zero attached hydrogens (tertiary/aromatic N) is 1. The van der Waals surface area contributed by atoms with Gasteiger partial charge < -0.3 is 14.0 Å². The predicted octanol–water partition coefficient (Wildman–Crippen LogP) is 6.54. The fraction of sp³-hybridized carbons (Fsp3) is 0.0667. The molecule has 178 valence electrons. The van der Waals surface area contributed by atoms with Crippen LogP contribution in [-0.4, -0.2) is 23.4 Å². The summed E-state index contributed by atoms with van der Waals surface area (Å²) in [5.74, 6) is -0.175. The minimum Gasteiger partial charge on any atom is -0.497 e. The van der Waals surface area contributed by atoms with Gasteiger partial charge in [-0.25, -0.2) is 9.18 Å². The topological polar surface area (TPSA) is 57.5 Å². The van der Waals surface area contributed by atoms with Crippen molar-refractivity contribution >= 4 is 22.7 Å². The molecule has 1 aromatic heterocycles. The van der Waals surface area contributed by atoms with Crippen molar-refractivity contribution in [3.8, 4) is 17.2 Å². The van der Waals surface area contributed by atoms with Crippen molar-refractivity contribution in [1.82, 2.24) is 4.57 Å². The molecule has 0 radical (unpaired) electrons. The highest BCUT2D eigenvalue weighted by atomic mass is 19.1. The van der Waals surface area contributed by atoms with Crippen LogP contribution in [0.25, 0.3) is 16.6 Å². The van der Waals surface area contributed by atoms with E-state index in [0.717, 1.165) is 22.6 Å². The Kier molecular flexibility index (Phi) is 6.09. The molecule has 5 aromatic rings. The zero-order valence-electron chi connectivity index (χ0n) is 19.7. The van der Waals surface area contributed by atoms with Crippen molar-refractivity contribution in [2.45, 2.75) is 6.92 Å². The van der Waals surface area contributed by atoms with Crippen LogP contribution in [0.5, 0.6) is 11.5 Å². The average Bonchev–Trinajstić information content (AvgIpc) is 3.20. The summed E-state index contributed by atoms with van der Waals surface area (Å²) >= 11 is 0. The van der Waals surface area contributed by atoms with Crippen LogP contribution >= 0.6 is 0 Å². The maximum atomic E-state index is 13.6. The van der Waals surface area contributed by atoms with Crippen LogP contribution in [0.1, 0.15) is 32.0 Å². The normalized spacial score (nSPS) is 10.9. The smallest absolute Gasteiger partial charge is 0.343 e. The van der Waals surface area contributed by atoms with Crippen LogP contribution < -0.4 is 9.47 Å². The van der Waals surface area contributed by atoms with E-state index in [1.54, 1.807) is 31.4 Å². The predicted molar refractivity (Wildman–Crippen MR) is 136 cm³/mol. The summed E-state index contributed by atoms with van der Waals surface area (Å²) in [7, 11) is 1.61. The van der Waals surface area contributed by atoms with Gasteiger partial charge in [-0.2, -0.15) is 0 Å². The van der Waals surface area contributed by atoms with E-state index in [1.165, 1.54) is 24.3 Å². The van der Waals surface area contributed by atoms with E-state index in [4.69, 9.17) is 9.47 Å². The molecule has 0 fully saturated rings. The van der Waals surface area contributed by atoms with E-state index in [9.17, 15) is 14.0 Å². The molecule has 0 N–H and O–H groups in total. The number of methoxy groups -OCH3 is 1. The van der Waals surface area contributed by atoms with E-state index < -0.39 is 11.8 Å². The van der Waals surface area contributed by atoms with Crippen LogP contribution in [0, 0.1) is 12.7 Å². The second-order valence-corrected chi connectivity index (χ2v) is 8.26. The molecule has 1 heterocycles. The van der Waals surface area contributed by atoms with Gasteiger partial charge in [-0.15, -0.1) is 0 Å². The summed E-state index contributed by atoms with van der Waals surface area (Å²) in [4.78, 5) is 26.3. The minimum absolute atomic E-state index is 0.132. The van der Waals surface area contributed by atoms with E-state index in [2.05, 4.69) is 0 Å². The third-order valence-corrected chi connectivity index (χ3v) is 6.06. The molecule has 4 aromatic carbocycles. The first-order valence-corrected chi connectivity index (χ1v) is 11.3. The van der Waals surface area contributed by atoms with Crippen LogP contribution in [0.3, 0.4) is 0 Å². The van der Waals surface area contributed by atoms with Crippen molar-refractivity contribution in [3.05, 3.63) is 125 Å². The maximum absolute atomic E-state index is 13.6. The first kappa shape index (κ1) is 23.1. The lowest BCUT2D eigenvalue weighted by molar-refractivity contribution is 0.0735. The monoisotopic (exact) mass is 479 g/mol. The number of fused-ring (bicyclic) bond motifs is 1. The molecule has 0 bridgehead atoms. The molecule has 0 aliphatic heterocycles. The number of aromatic nitrogens is 1. The molecule has 0 saturated carbocycles. The summed E-state index contributed by atoms with van der Waals surface area (Å²) in [6.45, 7) is 1.89. The molecule has 0 spiro atoms. The van der Waals surface area contributed by atoms with Gasteiger partial charge in [0.1, 0.15) is 17.3 Å². The Morgan fingerprint density at radius 3 is 2.11 bits per heavy atom. The van der Waals surface area contributed by atoms with Crippen molar-refractivity contribution < 1.29 is 23.5 Å². The highest BCUT2D eigenvalue weighted by molar-refractivity contribution is 6.18. The SMILES string of the molecule is COc1ccc(-n2c(C)c(C(=O)c3ccccc3)c3cc(OC(=O)c4ccc(F)cc4)ccc32)cc1. The highest BCUT2D eigenvalue weighted by Crippen LogP contribution is 2.34. The first-order valence-electron chi connectivity index (χ1n) is 11.3. The Morgan fingerprint density at radius 1 is 0.778 bits per heavy atom. The number of hydrogen-bond donors (Lipinski definition) is 0. The van der Waals surface area contributed by atoms with Gasteiger partial charge in [-0.3, -0.25) is 4.79 Å². The largest absolute Gasteiger partial charge is 0.497 e. The Labute approximate surface area is 207 Å². The van der Waals surface area contributed by atoms with Gasteiger partial charge in [0, 0.05) is 22.3 Å². The quantitative estimate of drug-likeness (QED) is 0.158. The Hall–Kier alpha value is -4.71. The van der Waals surface area contributed by atoms with E-state index in [-0.39, 0.29) is 17.1 Å². The van der Waals surface area contributed by atoms with Crippen LogP contribution in [0.15, 0.2) is 97.1 Å². The standard InChI is InChI=1S/C30H22FNO4/c1-19-28(29(33)20-6-4-3-5-7-20)26-18-25(36-30(34)21-8-10-22(31)11-9-21)16-17-27(26)32(19)23-12-14-24(35-2)15-13-23/h3-18H,1-2H3. The van der Waals surface area contributed by atoms with Crippen molar-refractivity contribution in [2.24, 2.45) is 0 Å². The second-order valence-electron chi connectivity index (χ2n) is 8.26. The summed E-state index contributed by atoms with van der Waals surface area (Å²) in [5.41, 5.74) is 3.71. The number of benzene rings is 4. The number of carbonyl (C=O) groups is 2. The zero-order chi connectivity index (χ0) is 25.2. The summed E-state index contributed by atoms with van der Waals surface area (Å²) in [5, 5.41) is 0.654. The maximum Gasteiger partial charge on any atom is 0.343 e. The fourth-order valence-corrected chi connectivity index (χ4v) is 4.30. The van der Waals surface area contributed by atoms with E-state index in [0.29, 0.717) is 16.5 Å². The van der Waals surface area contributed by atoms with Gasteiger partial charge in [0.25, 0.3) is 0 Å². The molecule has 0 aliphatic rings. The lowest BCUT2D eigenvalue weighted by atomic mass is 10.0. The number of ether oxygens (including phenoxy) is 2. The zero-order valence-corrected chi connectivity index (χ0v) is 19.7. The van der Waals surface area contributed by atoms with E-state index >= 15 is 0 Å². The molecule has 0 amide bonds. The average molecular weight is 480 g/mol. The first-order chi connectivity index (χ1) is 17.5. The Balaban J connectivity index is 1.64. The number of ketones is 1. The third kappa shape index (κ3) is 4.25. The fourth-order valence-electron chi connectivity index (χ4n) is 4.30. The van der Waals surface area contributed by atoms with Gasteiger partial charge in [-0.05, 0) is 73.7 Å². The lowest BCUT2D eigenvalue weighted by Crippen LogP contribution is -2.08. The molecule has 0 atom stereocenters. The van der Waals surface area contributed by atoms with Crippen LogP contribution in [0.2, 0.25) is 0 Å². The molecule has 0 aliphatic carbocycles. The van der Waals surface area contributed by atoms with Gasteiger partial charge in [-0.1, -0.05) is 30.3 Å². The Bertz CT molecular complexity index is 1570.